The minimum Gasteiger partial charge on any atom is -0.273 e. The molecule has 0 fully saturated rings. The van der Waals surface area contributed by atoms with Crippen LogP contribution in [0.2, 0.25) is 0 Å². The zero-order chi connectivity index (χ0) is 23.5. The van der Waals surface area contributed by atoms with Crippen molar-refractivity contribution in [2.45, 2.75) is 33.2 Å². The van der Waals surface area contributed by atoms with E-state index < -0.39 is 5.91 Å². The molecule has 168 valence electrons. The summed E-state index contributed by atoms with van der Waals surface area (Å²) < 4.78 is 1.27. The van der Waals surface area contributed by atoms with Gasteiger partial charge in [0.05, 0.1) is 28.6 Å². The summed E-state index contributed by atoms with van der Waals surface area (Å²) >= 11 is 1.59. The van der Waals surface area contributed by atoms with Crippen molar-refractivity contribution in [3.8, 4) is 11.3 Å². The van der Waals surface area contributed by atoms with Crippen LogP contribution >= 0.6 is 11.3 Å². The highest BCUT2D eigenvalue weighted by Crippen LogP contribution is 2.22. The number of hydrogen-bond acceptors (Lipinski definition) is 6. The van der Waals surface area contributed by atoms with E-state index in [4.69, 9.17) is 0 Å². The number of hydrogen-bond donors (Lipinski definition) is 2. The summed E-state index contributed by atoms with van der Waals surface area (Å²) in [7, 11) is 0. The number of carbonyl (C=O) groups excluding carboxylic acids is 2. The first-order valence-electron chi connectivity index (χ1n) is 10.5. The van der Waals surface area contributed by atoms with E-state index in [1.807, 2.05) is 50.4 Å². The number of carbonyl (C=O) groups is 2. The largest absolute Gasteiger partial charge is 0.290 e. The number of amides is 2. The number of nitrogens with zero attached hydrogens (tertiary/aromatic N) is 3. The molecule has 4 aromatic rings. The molecule has 2 N–H and O–H groups in total. The van der Waals surface area contributed by atoms with Gasteiger partial charge >= 0.3 is 0 Å². The predicted molar refractivity (Wildman–Crippen MR) is 128 cm³/mol. The maximum Gasteiger partial charge on any atom is 0.290 e. The molecule has 0 unspecified atom stereocenters. The van der Waals surface area contributed by atoms with E-state index in [1.54, 1.807) is 35.6 Å². The Kier molecular flexibility index (Phi) is 6.32. The molecule has 0 spiro atoms. The molecule has 2 heterocycles. The van der Waals surface area contributed by atoms with Crippen LogP contribution in [0.4, 0.5) is 0 Å². The Morgan fingerprint density at radius 1 is 1.03 bits per heavy atom. The molecule has 0 saturated carbocycles. The molecule has 0 aliphatic rings. The summed E-state index contributed by atoms with van der Waals surface area (Å²) in [6, 6.07) is 14.1. The minimum atomic E-state index is -0.594. The first-order chi connectivity index (χ1) is 15.8. The zero-order valence-electron chi connectivity index (χ0n) is 18.5. The van der Waals surface area contributed by atoms with Gasteiger partial charge in [-0.3, -0.25) is 25.2 Å². The Bertz CT molecular complexity index is 1390. The molecule has 0 bridgehead atoms. The van der Waals surface area contributed by atoms with Crippen LogP contribution < -0.4 is 16.4 Å². The first kappa shape index (κ1) is 22.3. The van der Waals surface area contributed by atoms with Gasteiger partial charge in [0, 0.05) is 16.3 Å². The fraction of sp³-hybridized carbons (Fsp3) is 0.208. The Hall–Kier alpha value is -3.85. The number of rotatable bonds is 5. The Labute approximate surface area is 194 Å². The van der Waals surface area contributed by atoms with Crippen molar-refractivity contribution in [1.29, 1.82) is 0 Å². The number of thiazole rings is 1. The van der Waals surface area contributed by atoms with Crippen LogP contribution in [0.1, 0.15) is 40.9 Å². The van der Waals surface area contributed by atoms with Gasteiger partial charge in [0.1, 0.15) is 0 Å². The molecule has 0 aliphatic heterocycles. The van der Waals surface area contributed by atoms with Crippen LogP contribution in [0.15, 0.2) is 58.7 Å². The maximum absolute atomic E-state index is 12.8. The molecule has 33 heavy (non-hydrogen) atoms. The van der Waals surface area contributed by atoms with Gasteiger partial charge in [-0.15, -0.1) is 11.3 Å². The molecule has 8 nitrogen and oxygen atoms in total. The lowest BCUT2D eigenvalue weighted by molar-refractivity contribution is -0.121. The maximum atomic E-state index is 12.8. The second kappa shape index (κ2) is 9.33. The van der Waals surface area contributed by atoms with Crippen LogP contribution in [0.5, 0.6) is 0 Å². The molecule has 2 aromatic heterocycles. The summed E-state index contributed by atoms with van der Waals surface area (Å²) in [6.07, 6.45) is 0.0936. The van der Waals surface area contributed by atoms with Crippen LogP contribution in [0, 0.1) is 6.92 Å². The van der Waals surface area contributed by atoms with Crippen molar-refractivity contribution in [2.24, 2.45) is 0 Å². The molecule has 9 heteroatoms. The molecule has 0 radical (unpaired) electrons. The van der Waals surface area contributed by atoms with Crippen molar-refractivity contribution < 1.29 is 9.59 Å². The predicted octanol–water partition coefficient (Wildman–Crippen LogP) is 3.41. The number of fused-ring (bicyclic) bond motifs is 1. The summed E-state index contributed by atoms with van der Waals surface area (Å²) in [5.41, 5.74) is 7.34. The minimum absolute atomic E-state index is 0.0714. The average molecular weight is 462 g/mol. The summed E-state index contributed by atoms with van der Waals surface area (Å²) in [6.45, 7) is 5.58. The SMILES string of the molecule is Cc1nc(-c2ccc(CC(=O)NNC(=O)c3nn(C(C)C)c(=O)c4ccccc34)cc2)cs1. The van der Waals surface area contributed by atoms with Crippen molar-refractivity contribution in [3.63, 3.8) is 0 Å². The monoisotopic (exact) mass is 461 g/mol. The number of aryl methyl sites for hydroxylation is 1. The zero-order valence-corrected chi connectivity index (χ0v) is 19.3. The number of hydrazine groups is 1. The van der Waals surface area contributed by atoms with E-state index in [-0.39, 0.29) is 29.6 Å². The highest BCUT2D eigenvalue weighted by atomic mass is 32.1. The second-order valence-electron chi connectivity index (χ2n) is 7.87. The van der Waals surface area contributed by atoms with Crippen molar-refractivity contribution in [2.75, 3.05) is 0 Å². The Morgan fingerprint density at radius 2 is 1.73 bits per heavy atom. The Balaban J connectivity index is 1.45. The Morgan fingerprint density at radius 3 is 2.36 bits per heavy atom. The number of nitrogens with one attached hydrogen (secondary N) is 2. The van der Waals surface area contributed by atoms with E-state index >= 15 is 0 Å². The molecule has 0 aliphatic carbocycles. The lowest BCUT2D eigenvalue weighted by atomic mass is 10.1. The van der Waals surface area contributed by atoms with Gasteiger partial charge in [-0.25, -0.2) is 9.67 Å². The molecule has 4 rings (SSSR count). The van der Waals surface area contributed by atoms with E-state index in [0.29, 0.717) is 10.8 Å². The number of benzene rings is 2. The molecule has 2 amide bonds. The van der Waals surface area contributed by atoms with Crippen LogP contribution in [-0.2, 0) is 11.2 Å². The standard InChI is InChI=1S/C24H23N5O3S/c1-14(2)29-24(32)19-7-5-4-6-18(19)22(28-29)23(31)27-26-21(30)12-16-8-10-17(11-9-16)20-13-33-15(3)25-20/h4-11,13-14H,12H2,1-3H3,(H,26,30)(H,27,31). The molecule has 0 saturated heterocycles. The lowest BCUT2D eigenvalue weighted by Crippen LogP contribution is -2.43. The fourth-order valence-electron chi connectivity index (χ4n) is 3.43. The quantitative estimate of drug-likeness (QED) is 0.443. The van der Waals surface area contributed by atoms with Gasteiger partial charge in [0.2, 0.25) is 5.91 Å². The summed E-state index contributed by atoms with van der Waals surface area (Å²) in [5.74, 6) is -0.967. The molecule has 2 aromatic carbocycles. The smallest absolute Gasteiger partial charge is 0.273 e. The summed E-state index contributed by atoms with van der Waals surface area (Å²) in [4.78, 5) is 42.3. The molecule has 0 atom stereocenters. The molecular weight excluding hydrogens is 438 g/mol. The highest BCUT2D eigenvalue weighted by Gasteiger charge is 2.18. The van der Waals surface area contributed by atoms with Crippen LogP contribution in [-0.4, -0.2) is 26.6 Å². The third-order valence-corrected chi connectivity index (χ3v) is 5.85. The summed E-state index contributed by atoms with van der Waals surface area (Å²) in [5, 5.41) is 8.05. The van der Waals surface area contributed by atoms with Crippen molar-refractivity contribution in [1.82, 2.24) is 25.6 Å². The van der Waals surface area contributed by atoms with Gasteiger partial charge in [0.25, 0.3) is 11.5 Å². The highest BCUT2D eigenvalue weighted by molar-refractivity contribution is 7.09. The van der Waals surface area contributed by atoms with Crippen molar-refractivity contribution >= 4 is 33.9 Å². The van der Waals surface area contributed by atoms with Gasteiger partial charge < -0.3 is 0 Å². The van der Waals surface area contributed by atoms with E-state index in [2.05, 4.69) is 20.9 Å². The normalized spacial score (nSPS) is 11.0. The van der Waals surface area contributed by atoms with Gasteiger partial charge in [-0.2, -0.15) is 5.10 Å². The third kappa shape index (κ3) is 4.83. The fourth-order valence-corrected chi connectivity index (χ4v) is 4.05. The van der Waals surface area contributed by atoms with Crippen molar-refractivity contribution in [3.05, 3.63) is 80.5 Å². The van der Waals surface area contributed by atoms with Crippen LogP contribution in [0.25, 0.3) is 22.0 Å². The topological polar surface area (TPSA) is 106 Å². The molecular formula is C24H23N5O3S. The van der Waals surface area contributed by atoms with Crippen LogP contribution in [0.3, 0.4) is 0 Å². The van der Waals surface area contributed by atoms with Gasteiger partial charge in [0.15, 0.2) is 5.69 Å². The first-order valence-corrected chi connectivity index (χ1v) is 11.3. The van der Waals surface area contributed by atoms with Gasteiger partial charge in [-0.05, 0) is 32.4 Å². The van der Waals surface area contributed by atoms with E-state index in [1.165, 1.54) is 4.68 Å². The van der Waals surface area contributed by atoms with E-state index in [0.717, 1.165) is 21.8 Å². The van der Waals surface area contributed by atoms with Gasteiger partial charge in [-0.1, -0.05) is 42.5 Å². The number of aromatic nitrogens is 3. The lowest BCUT2D eigenvalue weighted by Gasteiger charge is -2.13. The third-order valence-electron chi connectivity index (χ3n) is 5.08. The average Bonchev–Trinajstić information content (AvgIpc) is 3.24. The van der Waals surface area contributed by atoms with E-state index in [9.17, 15) is 14.4 Å². The second-order valence-corrected chi connectivity index (χ2v) is 8.93.